The zero-order valence-electron chi connectivity index (χ0n) is 11.1. The molecule has 0 radical (unpaired) electrons. The third-order valence-electron chi connectivity index (χ3n) is 2.82. The van der Waals surface area contributed by atoms with E-state index < -0.39 is 10.0 Å². The summed E-state index contributed by atoms with van der Waals surface area (Å²) in [7, 11) is -3.61. The Morgan fingerprint density at radius 1 is 1.43 bits per heavy atom. The highest BCUT2D eigenvalue weighted by Gasteiger charge is 2.18. The maximum atomic E-state index is 12.4. The van der Waals surface area contributed by atoms with Crippen molar-refractivity contribution in [3.8, 4) is 0 Å². The SMILES string of the molecule is Cc1ccc(C(N)=S)cc1S(=O)(=O)NCc1cc(Br)cs1. The Balaban J connectivity index is 2.26. The summed E-state index contributed by atoms with van der Waals surface area (Å²) in [6, 6.07) is 6.80. The van der Waals surface area contributed by atoms with Gasteiger partial charge in [-0.15, -0.1) is 11.3 Å². The highest BCUT2D eigenvalue weighted by atomic mass is 79.9. The molecule has 2 aromatic rings. The van der Waals surface area contributed by atoms with Crippen LogP contribution in [0.5, 0.6) is 0 Å². The average Bonchev–Trinajstić information content (AvgIpc) is 2.82. The highest BCUT2D eigenvalue weighted by Crippen LogP contribution is 2.21. The lowest BCUT2D eigenvalue weighted by atomic mass is 10.1. The molecule has 0 saturated carbocycles. The van der Waals surface area contributed by atoms with Crippen molar-refractivity contribution < 1.29 is 8.42 Å². The Kier molecular flexibility index (Phi) is 5.15. The smallest absolute Gasteiger partial charge is 0.241 e. The van der Waals surface area contributed by atoms with Gasteiger partial charge in [0.1, 0.15) is 4.99 Å². The number of thiophene rings is 1. The number of hydrogen-bond acceptors (Lipinski definition) is 4. The molecule has 1 aromatic carbocycles. The number of benzene rings is 1. The summed E-state index contributed by atoms with van der Waals surface area (Å²) in [5, 5.41) is 1.91. The summed E-state index contributed by atoms with van der Waals surface area (Å²) in [4.78, 5) is 1.30. The molecule has 0 fully saturated rings. The molecule has 112 valence electrons. The van der Waals surface area contributed by atoms with Crippen molar-refractivity contribution in [3.63, 3.8) is 0 Å². The lowest BCUT2D eigenvalue weighted by Gasteiger charge is -2.10. The number of sulfonamides is 1. The lowest BCUT2D eigenvalue weighted by molar-refractivity contribution is 0.581. The summed E-state index contributed by atoms with van der Waals surface area (Å²) in [5.74, 6) is 0. The molecule has 0 saturated heterocycles. The number of nitrogens with two attached hydrogens (primary N) is 1. The summed E-state index contributed by atoms with van der Waals surface area (Å²) in [6.45, 7) is 1.98. The number of halogens is 1. The monoisotopic (exact) mass is 404 g/mol. The molecule has 0 atom stereocenters. The van der Waals surface area contributed by atoms with Gasteiger partial charge in [0.25, 0.3) is 0 Å². The van der Waals surface area contributed by atoms with Gasteiger partial charge in [-0.3, -0.25) is 0 Å². The van der Waals surface area contributed by atoms with Crippen molar-refractivity contribution in [2.45, 2.75) is 18.4 Å². The van der Waals surface area contributed by atoms with Gasteiger partial charge in [-0.25, -0.2) is 13.1 Å². The van der Waals surface area contributed by atoms with Crippen LogP contribution in [-0.4, -0.2) is 13.4 Å². The van der Waals surface area contributed by atoms with Gasteiger partial charge in [0, 0.05) is 26.8 Å². The molecule has 21 heavy (non-hydrogen) atoms. The fourth-order valence-electron chi connectivity index (χ4n) is 1.73. The molecule has 4 nitrogen and oxygen atoms in total. The Bertz CT molecular complexity index is 784. The molecule has 0 spiro atoms. The van der Waals surface area contributed by atoms with Crippen LogP contribution in [0.1, 0.15) is 16.0 Å². The highest BCUT2D eigenvalue weighted by molar-refractivity contribution is 9.10. The van der Waals surface area contributed by atoms with Crippen LogP contribution in [0.2, 0.25) is 0 Å². The standard InChI is InChI=1S/C13H13BrN2O2S3/c1-8-2-3-9(13(15)19)4-12(8)21(17,18)16-6-11-5-10(14)7-20-11/h2-5,7,16H,6H2,1H3,(H2,15,19). The molecular weight excluding hydrogens is 392 g/mol. The Morgan fingerprint density at radius 3 is 2.71 bits per heavy atom. The second kappa shape index (κ2) is 6.53. The minimum atomic E-state index is -3.61. The molecule has 8 heteroatoms. The first-order chi connectivity index (χ1) is 9.79. The van der Waals surface area contributed by atoms with Crippen molar-refractivity contribution >= 4 is 54.5 Å². The largest absolute Gasteiger partial charge is 0.389 e. The first kappa shape index (κ1) is 16.6. The van der Waals surface area contributed by atoms with Crippen LogP contribution in [0.25, 0.3) is 0 Å². The van der Waals surface area contributed by atoms with Gasteiger partial charge in [0.05, 0.1) is 4.90 Å². The molecule has 0 aliphatic heterocycles. The summed E-state index contributed by atoms with van der Waals surface area (Å²) in [5.41, 5.74) is 6.74. The average molecular weight is 405 g/mol. The molecule has 3 N–H and O–H groups in total. The van der Waals surface area contributed by atoms with Gasteiger partial charge in [-0.2, -0.15) is 0 Å². The number of thiocarbonyl (C=S) groups is 1. The zero-order valence-corrected chi connectivity index (χ0v) is 15.1. The van der Waals surface area contributed by atoms with E-state index in [2.05, 4.69) is 20.7 Å². The second-order valence-corrected chi connectivity index (χ2v) is 8.49. The Hall–Kier alpha value is -0.800. The van der Waals surface area contributed by atoms with Crippen LogP contribution < -0.4 is 10.5 Å². The Labute approximate surface area is 141 Å². The van der Waals surface area contributed by atoms with E-state index in [-0.39, 0.29) is 16.4 Å². The van der Waals surface area contributed by atoms with E-state index in [1.165, 1.54) is 17.4 Å². The fraction of sp³-hybridized carbons (Fsp3) is 0.154. The summed E-state index contributed by atoms with van der Waals surface area (Å²) < 4.78 is 28.3. The van der Waals surface area contributed by atoms with E-state index in [1.807, 2.05) is 11.4 Å². The quantitative estimate of drug-likeness (QED) is 0.751. The predicted octanol–water partition coefficient (Wildman–Crippen LogP) is 2.93. The minimum absolute atomic E-state index is 0.175. The van der Waals surface area contributed by atoms with Gasteiger partial charge in [-0.1, -0.05) is 24.4 Å². The van der Waals surface area contributed by atoms with E-state index in [0.717, 1.165) is 9.35 Å². The van der Waals surface area contributed by atoms with Crippen molar-refractivity contribution in [1.82, 2.24) is 4.72 Å². The van der Waals surface area contributed by atoms with Crippen LogP contribution >= 0.6 is 39.5 Å². The van der Waals surface area contributed by atoms with Crippen molar-refractivity contribution in [1.29, 1.82) is 0 Å². The van der Waals surface area contributed by atoms with E-state index in [9.17, 15) is 8.42 Å². The van der Waals surface area contributed by atoms with E-state index >= 15 is 0 Å². The topological polar surface area (TPSA) is 72.2 Å². The first-order valence-corrected chi connectivity index (χ1v) is 9.49. The van der Waals surface area contributed by atoms with Crippen LogP contribution in [0.4, 0.5) is 0 Å². The molecule has 1 heterocycles. The molecule has 0 aliphatic carbocycles. The third-order valence-corrected chi connectivity index (χ3v) is 6.30. The second-order valence-electron chi connectivity index (χ2n) is 4.40. The van der Waals surface area contributed by atoms with Gasteiger partial charge < -0.3 is 5.73 Å². The maximum absolute atomic E-state index is 12.4. The first-order valence-electron chi connectivity index (χ1n) is 5.92. The van der Waals surface area contributed by atoms with Gasteiger partial charge in [0.2, 0.25) is 10.0 Å². The molecular formula is C13H13BrN2O2S3. The zero-order chi connectivity index (χ0) is 15.6. The lowest BCUT2D eigenvalue weighted by Crippen LogP contribution is -2.24. The van der Waals surface area contributed by atoms with Gasteiger partial charge in [-0.05, 0) is 40.5 Å². The van der Waals surface area contributed by atoms with E-state index in [0.29, 0.717) is 11.1 Å². The number of hydrogen-bond donors (Lipinski definition) is 2. The summed E-state index contributed by atoms with van der Waals surface area (Å²) in [6.07, 6.45) is 0. The molecule has 1 aromatic heterocycles. The van der Waals surface area contributed by atoms with Crippen LogP contribution in [-0.2, 0) is 16.6 Å². The van der Waals surface area contributed by atoms with Gasteiger partial charge in [0.15, 0.2) is 0 Å². The Morgan fingerprint density at radius 2 is 2.14 bits per heavy atom. The minimum Gasteiger partial charge on any atom is -0.389 e. The van der Waals surface area contributed by atoms with Crippen molar-refractivity contribution in [3.05, 3.63) is 50.1 Å². The normalized spacial score (nSPS) is 11.5. The molecule has 0 unspecified atom stereocenters. The maximum Gasteiger partial charge on any atom is 0.241 e. The van der Waals surface area contributed by atoms with Crippen LogP contribution in [0, 0.1) is 6.92 Å². The van der Waals surface area contributed by atoms with Crippen molar-refractivity contribution in [2.75, 3.05) is 0 Å². The van der Waals surface area contributed by atoms with E-state index in [4.69, 9.17) is 18.0 Å². The third kappa shape index (κ3) is 4.10. The van der Waals surface area contributed by atoms with Crippen LogP contribution in [0.15, 0.2) is 39.0 Å². The molecule has 2 rings (SSSR count). The van der Waals surface area contributed by atoms with E-state index in [1.54, 1.807) is 19.1 Å². The fourth-order valence-corrected chi connectivity index (χ4v) is 4.62. The number of rotatable bonds is 5. The van der Waals surface area contributed by atoms with Crippen LogP contribution in [0.3, 0.4) is 0 Å². The molecule has 0 amide bonds. The summed E-state index contributed by atoms with van der Waals surface area (Å²) >= 11 is 9.71. The van der Waals surface area contributed by atoms with Gasteiger partial charge >= 0.3 is 0 Å². The molecule has 0 aliphatic rings. The predicted molar refractivity (Wildman–Crippen MR) is 93.1 cm³/mol. The van der Waals surface area contributed by atoms with Crippen molar-refractivity contribution in [2.24, 2.45) is 5.73 Å². The molecule has 0 bridgehead atoms. The number of nitrogens with one attached hydrogen (secondary N) is 1. The number of aryl methyl sites for hydroxylation is 1.